The summed E-state index contributed by atoms with van der Waals surface area (Å²) in [4.78, 5) is 14.3. The molecule has 2 aliphatic heterocycles. The monoisotopic (exact) mass is 427 g/mol. The molecule has 4 heterocycles. The second kappa shape index (κ2) is 8.53. The van der Waals surface area contributed by atoms with Crippen molar-refractivity contribution in [2.75, 3.05) is 26.4 Å². The molecular formula is C23H23F2N3O3. The smallest absolute Gasteiger partial charge is 0.135 e. The molecule has 0 N–H and O–H groups in total. The minimum atomic E-state index is -0.676. The summed E-state index contributed by atoms with van der Waals surface area (Å²) in [6.07, 6.45) is 1.73. The van der Waals surface area contributed by atoms with E-state index in [-0.39, 0.29) is 24.2 Å². The van der Waals surface area contributed by atoms with Gasteiger partial charge in [-0.1, -0.05) is 0 Å². The number of hydrogen-bond acceptors (Lipinski definition) is 6. The third-order valence-electron chi connectivity index (χ3n) is 5.83. The fraction of sp³-hybridized carbons (Fsp3) is 0.435. The van der Waals surface area contributed by atoms with Crippen LogP contribution in [0.2, 0.25) is 0 Å². The van der Waals surface area contributed by atoms with Crippen molar-refractivity contribution in [2.45, 2.75) is 38.4 Å². The number of aryl methyl sites for hydroxylation is 1. The minimum Gasteiger partial charge on any atom is -0.381 e. The van der Waals surface area contributed by atoms with E-state index < -0.39 is 11.6 Å². The van der Waals surface area contributed by atoms with Gasteiger partial charge in [0, 0.05) is 36.5 Å². The predicted octanol–water partition coefficient (Wildman–Crippen LogP) is 4.09. The number of rotatable bonds is 5. The van der Waals surface area contributed by atoms with Gasteiger partial charge in [-0.15, -0.1) is 0 Å². The Labute approximate surface area is 178 Å². The van der Waals surface area contributed by atoms with E-state index in [4.69, 9.17) is 29.2 Å². The Bertz CT molecular complexity index is 1110. The van der Waals surface area contributed by atoms with E-state index in [1.807, 2.05) is 13.0 Å². The first-order chi connectivity index (χ1) is 15.1. The molecule has 3 aromatic rings. The third kappa shape index (κ3) is 4.15. The summed E-state index contributed by atoms with van der Waals surface area (Å²) in [5, 5.41) is 0. The normalized spacial score (nSPS) is 17.8. The molecule has 162 valence electrons. The number of nitrogens with zero attached hydrogens (tertiary/aromatic N) is 3. The Morgan fingerprint density at radius 1 is 1.03 bits per heavy atom. The molecule has 2 aromatic heterocycles. The number of hydrogen-bond donors (Lipinski definition) is 0. The summed E-state index contributed by atoms with van der Waals surface area (Å²) in [7, 11) is 0. The van der Waals surface area contributed by atoms with Crippen molar-refractivity contribution in [1.29, 1.82) is 0 Å². The molecule has 0 aliphatic carbocycles. The molecular weight excluding hydrogens is 404 g/mol. The van der Waals surface area contributed by atoms with Gasteiger partial charge in [-0.25, -0.2) is 23.7 Å². The van der Waals surface area contributed by atoms with Gasteiger partial charge in [0.25, 0.3) is 0 Å². The summed E-state index contributed by atoms with van der Waals surface area (Å²) < 4.78 is 44.7. The third-order valence-corrected chi connectivity index (χ3v) is 5.83. The number of fused-ring (bicyclic) bond motifs is 1. The highest BCUT2D eigenvalue weighted by molar-refractivity contribution is 5.89. The Balaban J connectivity index is 1.63. The molecule has 5 rings (SSSR count). The molecule has 2 saturated heterocycles. The Hall–Kier alpha value is -2.55. The van der Waals surface area contributed by atoms with Crippen molar-refractivity contribution in [3.05, 3.63) is 53.0 Å². The van der Waals surface area contributed by atoms with Gasteiger partial charge in [0.15, 0.2) is 0 Å². The van der Waals surface area contributed by atoms with E-state index in [0.717, 1.165) is 30.3 Å². The zero-order valence-electron chi connectivity index (χ0n) is 17.2. The fourth-order valence-electron chi connectivity index (χ4n) is 3.92. The highest BCUT2D eigenvalue weighted by Crippen LogP contribution is 2.33. The maximum atomic E-state index is 14.7. The van der Waals surface area contributed by atoms with Crippen molar-refractivity contribution < 1.29 is 23.0 Å². The van der Waals surface area contributed by atoms with Crippen LogP contribution in [0, 0.1) is 18.6 Å². The van der Waals surface area contributed by atoms with Gasteiger partial charge < -0.3 is 14.2 Å². The summed E-state index contributed by atoms with van der Waals surface area (Å²) in [5.74, 6) is -1.11. The molecule has 8 heteroatoms. The molecule has 2 fully saturated rings. The largest absolute Gasteiger partial charge is 0.381 e. The second-order valence-corrected chi connectivity index (χ2v) is 8.00. The zero-order valence-corrected chi connectivity index (χ0v) is 17.2. The molecule has 0 spiro atoms. The van der Waals surface area contributed by atoms with E-state index in [1.54, 1.807) is 0 Å². The molecule has 31 heavy (non-hydrogen) atoms. The van der Waals surface area contributed by atoms with Crippen molar-refractivity contribution in [1.82, 2.24) is 15.0 Å². The molecule has 2 aliphatic rings. The van der Waals surface area contributed by atoms with Gasteiger partial charge >= 0.3 is 0 Å². The molecule has 0 radical (unpaired) electrons. The number of aromatic nitrogens is 3. The van der Waals surface area contributed by atoms with E-state index in [0.29, 0.717) is 48.8 Å². The highest BCUT2D eigenvalue weighted by atomic mass is 19.1. The molecule has 0 atom stereocenters. The van der Waals surface area contributed by atoms with Crippen molar-refractivity contribution in [2.24, 2.45) is 0 Å². The fourth-order valence-corrected chi connectivity index (χ4v) is 3.92. The summed E-state index contributed by atoms with van der Waals surface area (Å²) >= 11 is 0. The highest BCUT2D eigenvalue weighted by Gasteiger charge is 2.23. The maximum absolute atomic E-state index is 14.7. The van der Waals surface area contributed by atoms with Crippen LogP contribution in [0.25, 0.3) is 22.3 Å². The number of halogens is 2. The first-order valence-electron chi connectivity index (χ1n) is 10.5. The molecule has 1 aromatic carbocycles. The second-order valence-electron chi connectivity index (χ2n) is 8.00. The van der Waals surface area contributed by atoms with Crippen LogP contribution in [-0.4, -0.2) is 47.5 Å². The Kier molecular flexibility index (Phi) is 5.60. The number of benzene rings is 1. The predicted molar refractivity (Wildman–Crippen MR) is 110 cm³/mol. The lowest BCUT2D eigenvalue weighted by Gasteiger charge is -2.26. The van der Waals surface area contributed by atoms with Crippen LogP contribution >= 0.6 is 0 Å². The summed E-state index contributed by atoms with van der Waals surface area (Å²) in [5.41, 5.74) is 3.96. The molecule has 6 nitrogen and oxygen atoms in total. The lowest BCUT2D eigenvalue weighted by atomic mass is 9.94. The van der Waals surface area contributed by atoms with Gasteiger partial charge in [0.2, 0.25) is 0 Å². The average Bonchev–Trinajstić information content (AvgIpc) is 2.73. The standard InChI is InChI=1S/C23H23F2N3O3/c1-13-21(12-31-16-10-30-11-16)28-23-20(26-13)9-19(14-4-6-29-7-5-14)27-22(23)17-3-2-15(24)8-18(17)25/h2-3,8-9,14,16H,4-7,10-12H2,1H3. The van der Waals surface area contributed by atoms with Crippen molar-refractivity contribution in [3.8, 4) is 11.3 Å². The van der Waals surface area contributed by atoms with Gasteiger partial charge in [-0.3, -0.25) is 0 Å². The molecule has 0 saturated carbocycles. The van der Waals surface area contributed by atoms with E-state index >= 15 is 0 Å². The van der Waals surface area contributed by atoms with Gasteiger partial charge in [0.05, 0.1) is 36.7 Å². The molecule has 0 amide bonds. The van der Waals surface area contributed by atoms with Crippen LogP contribution in [-0.2, 0) is 20.8 Å². The van der Waals surface area contributed by atoms with Crippen molar-refractivity contribution >= 4 is 11.0 Å². The lowest BCUT2D eigenvalue weighted by Crippen LogP contribution is -2.36. The number of pyridine rings is 1. The van der Waals surface area contributed by atoms with Crippen LogP contribution in [0.1, 0.15) is 35.8 Å². The summed E-state index contributed by atoms with van der Waals surface area (Å²) in [6, 6.07) is 5.44. The van der Waals surface area contributed by atoms with Gasteiger partial charge in [-0.2, -0.15) is 0 Å². The van der Waals surface area contributed by atoms with Crippen LogP contribution < -0.4 is 0 Å². The Morgan fingerprint density at radius 2 is 1.84 bits per heavy atom. The zero-order chi connectivity index (χ0) is 21.4. The van der Waals surface area contributed by atoms with E-state index in [1.165, 1.54) is 12.1 Å². The van der Waals surface area contributed by atoms with Gasteiger partial charge in [-0.05, 0) is 38.0 Å². The maximum Gasteiger partial charge on any atom is 0.135 e. The first-order valence-corrected chi connectivity index (χ1v) is 10.5. The topological polar surface area (TPSA) is 66.4 Å². The van der Waals surface area contributed by atoms with E-state index in [2.05, 4.69) is 0 Å². The molecule has 0 bridgehead atoms. The SMILES string of the molecule is Cc1nc2cc(C3CCOCC3)nc(-c3ccc(F)cc3F)c2nc1COC1COC1. The van der Waals surface area contributed by atoms with Crippen LogP contribution in [0.4, 0.5) is 8.78 Å². The molecule has 0 unspecified atom stereocenters. The first kappa shape index (κ1) is 20.4. The summed E-state index contributed by atoms with van der Waals surface area (Å²) in [6.45, 7) is 4.64. The van der Waals surface area contributed by atoms with Crippen LogP contribution in [0.3, 0.4) is 0 Å². The van der Waals surface area contributed by atoms with Crippen molar-refractivity contribution in [3.63, 3.8) is 0 Å². The van der Waals surface area contributed by atoms with E-state index in [9.17, 15) is 8.78 Å². The number of ether oxygens (including phenoxy) is 3. The van der Waals surface area contributed by atoms with Crippen LogP contribution in [0.5, 0.6) is 0 Å². The van der Waals surface area contributed by atoms with Crippen LogP contribution in [0.15, 0.2) is 24.3 Å². The van der Waals surface area contributed by atoms with Gasteiger partial charge in [0.1, 0.15) is 28.9 Å². The Morgan fingerprint density at radius 3 is 2.55 bits per heavy atom. The quantitative estimate of drug-likeness (QED) is 0.611. The minimum absolute atomic E-state index is 0.0555. The lowest BCUT2D eigenvalue weighted by molar-refractivity contribution is -0.136. The average molecular weight is 427 g/mol.